The minimum absolute atomic E-state index is 0.113. The fourth-order valence-corrected chi connectivity index (χ4v) is 6.87. The van der Waals surface area contributed by atoms with Gasteiger partial charge in [0, 0.05) is 47.9 Å². The smallest absolute Gasteiger partial charge is 0.243 e. The summed E-state index contributed by atoms with van der Waals surface area (Å²) in [5.41, 5.74) is 2.40. The van der Waals surface area contributed by atoms with Crippen LogP contribution in [0.15, 0.2) is 47.4 Å². The van der Waals surface area contributed by atoms with Crippen LogP contribution >= 0.6 is 11.6 Å². The number of halogens is 1. The summed E-state index contributed by atoms with van der Waals surface area (Å²) in [5, 5.41) is 3.42. The number of piperidine rings is 1. The van der Waals surface area contributed by atoms with E-state index in [1.54, 1.807) is 42.5 Å². The maximum atomic E-state index is 13.4. The largest absolute Gasteiger partial charge is 0.326 e. The molecular weight excluding hydrogens is 486 g/mol. The van der Waals surface area contributed by atoms with Crippen molar-refractivity contribution in [3.05, 3.63) is 53.1 Å². The lowest BCUT2D eigenvalue weighted by molar-refractivity contribution is -0.124. The standard InChI is InChI=1S/C26H30ClN3O4S/c27-21-7-2-8-22(17-21)28-25(31)18-11-14-29(15-12-18)35(33,34)23-9-10-24-20(16-23)6-3-13-30(24)26(32)19-4-1-5-19/h2,7-10,16-19H,1,3-6,11-15H2,(H,28,31). The zero-order valence-electron chi connectivity index (χ0n) is 19.6. The van der Waals surface area contributed by atoms with Crippen LogP contribution in [0, 0.1) is 11.8 Å². The number of carbonyl (C=O) groups excluding carboxylic acids is 2. The number of carbonyl (C=O) groups is 2. The number of nitrogens with zero attached hydrogens (tertiary/aromatic N) is 2. The fourth-order valence-electron chi connectivity index (χ4n) is 5.16. The van der Waals surface area contributed by atoms with Crippen LogP contribution in [0.4, 0.5) is 11.4 Å². The average molecular weight is 516 g/mol. The van der Waals surface area contributed by atoms with Gasteiger partial charge in [-0.2, -0.15) is 4.31 Å². The number of aryl methyl sites for hydroxylation is 1. The molecule has 0 spiro atoms. The number of benzene rings is 2. The Morgan fingerprint density at radius 2 is 1.69 bits per heavy atom. The highest BCUT2D eigenvalue weighted by atomic mass is 35.5. The maximum Gasteiger partial charge on any atom is 0.243 e. The predicted octanol–water partition coefficient (Wildman–Crippen LogP) is 4.46. The third kappa shape index (κ3) is 4.97. The number of hydrogen-bond donors (Lipinski definition) is 1. The van der Waals surface area contributed by atoms with Crippen molar-refractivity contribution in [3.8, 4) is 0 Å². The molecule has 2 amide bonds. The summed E-state index contributed by atoms with van der Waals surface area (Å²) in [4.78, 5) is 27.6. The van der Waals surface area contributed by atoms with Crippen molar-refractivity contribution in [1.29, 1.82) is 0 Å². The van der Waals surface area contributed by atoms with Crippen LogP contribution in [0.1, 0.15) is 44.1 Å². The number of sulfonamides is 1. The number of hydrogen-bond acceptors (Lipinski definition) is 4. The Balaban J connectivity index is 1.25. The average Bonchev–Trinajstić information content (AvgIpc) is 2.82. The molecule has 1 saturated carbocycles. The van der Waals surface area contributed by atoms with Gasteiger partial charge in [0.2, 0.25) is 21.8 Å². The first-order valence-electron chi connectivity index (χ1n) is 12.3. The normalized spacial score (nSPS) is 19.6. The Kier molecular flexibility index (Phi) is 6.88. The van der Waals surface area contributed by atoms with E-state index in [0.717, 1.165) is 43.4 Å². The molecule has 0 radical (unpaired) electrons. The number of amides is 2. The second-order valence-corrected chi connectivity index (χ2v) is 12.1. The Morgan fingerprint density at radius 3 is 2.37 bits per heavy atom. The van der Waals surface area contributed by atoms with E-state index in [4.69, 9.17) is 11.6 Å². The SMILES string of the molecule is O=C(Nc1cccc(Cl)c1)C1CCN(S(=O)(=O)c2ccc3c(c2)CCCN3C(=O)C2CCC2)CC1. The van der Waals surface area contributed by atoms with Crippen molar-refractivity contribution in [3.63, 3.8) is 0 Å². The molecule has 0 unspecified atom stereocenters. The molecule has 7 nitrogen and oxygen atoms in total. The van der Waals surface area contributed by atoms with Crippen LogP contribution in [0.3, 0.4) is 0 Å². The topological polar surface area (TPSA) is 86.8 Å². The lowest BCUT2D eigenvalue weighted by Gasteiger charge is -2.35. The van der Waals surface area contributed by atoms with E-state index in [-0.39, 0.29) is 28.5 Å². The third-order valence-corrected chi connectivity index (χ3v) is 9.57. The lowest BCUT2D eigenvalue weighted by atomic mass is 9.83. The van der Waals surface area contributed by atoms with Gasteiger partial charge in [-0.25, -0.2) is 8.42 Å². The molecule has 0 aromatic heterocycles. The van der Waals surface area contributed by atoms with Gasteiger partial charge in [-0.15, -0.1) is 0 Å². The third-order valence-electron chi connectivity index (χ3n) is 7.44. The molecule has 35 heavy (non-hydrogen) atoms. The van der Waals surface area contributed by atoms with Gasteiger partial charge < -0.3 is 10.2 Å². The van der Waals surface area contributed by atoms with Crippen LogP contribution in [0.2, 0.25) is 5.02 Å². The molecule has 1 N–H and O–H groups in total. The lowest BCUT2D eigenvalue weighted by Crippen LogP contribution is -2.42. The van der Waals surface area contributed by atoms with Crippen LogP contribution in [-0.2, 0) is 26.0 Å². The summed E-state index contributed by atoms with van der Waals surface area (Å²) in [6.45, 7) is 1.28. The summed E-state index contributed by atoms with van der Waals surface area (Å²) in [5.74, 6) is -0.0861. The highest BCUT2D eigenvalue weighted by molar-refractivity contribution is 7.89. The summed E-state index contributed by atoms with van der Waals surface area (Å²) in [6, 6.07) is 12.1. The van der Waals surface area contributed by atoms with E-state index < -0.39 is 10.0 Å². The summed E-state index contributed by atoms with van der Waals surface area (Å²) < 4.78 is 28.2. The summed E-state index contributed by atoms with van der Waals surface area (Å²) >= 11 is 5.99. The maximum absolute atomic E-state index is 13.4. The summed E-state index contributed by atoms with van der Waals surface area (Å²) in [6.07, 6.45) is 5.52. The molecule has 0 bridgehead atoms. The second-order valence-electron chi connectivity index (χ2n) is 9.69. The molecular formula is C26H30ClN3O4S. The molecule has 2 aromatic rings. The Morgan fingerprint density at radius 1 is 0.914 bits per heavy atom. The highest BCUT2D eigenvalue weighted by Gasteiger charge is 2.35. The quantitative estimate of drug-likeness (QED) is 0.637. The van der Waals surface area contributed by atoms with Crippen LogP contribution in [-0.4, -0.2) is 44.2 Å². The van der Waals surface area contributed by atoms with Crippen molar-refractivity contribution in [2.45, 2.75) is 49.8 Å². The van der Waals surface area contributed by atoms with Gasteiger partial charge in [-0.05, 0) is 80.5 Å². The van der Waals surface area contributed by atoms with Gasteiger partial charge in [0.1, 0.15) is 0 Å². The number of nitrogens with one attached hydrogen (secondary N) is 1. The van der Waals surface area contributed by atoms with E-state index in [1.165, 1.54) is 4.31 Å². The zero-order valence-corrected chi connectivity index (χ0v) is 21.2. The first-order chi connectivity index (χ1) is 16.8. The minimum Gasteiger partial charge on any atom is -0.326 e. The molecule has 2 aromatic carbocycles. The van der Waals surface area contributed by atoms with Crippen molar-refractivity contribution in [2.24, 2.45) is 11.8 Å². The molecule has 1 saturated heterocycles. The zero-order chi connectivity index (χ0) is 24.6. The van der Waals surface area contributed by atoms with Gasteiger partial charge in [0.15, 0.2) is 0 Å². The molecule has 186 valence electrons. The fraction of sp³-hybridized carbons (Fsp3) is 0.462. The first-order valence-corrected chi connectivity index (χ1v) is 14.2. The van der Waals surface area contributed by atoms with Gasteiger partial charge >= 0.3 is 0 Å². The van der Waals surface area contributed by atoms with Crippen molar-refractivity contribution < 1.29 is 18.0 Å². The van der Waals surface area contributed by atoms with Crippen LogP contribution in [0.5, 0.6) is 0 Å². The van der Waals surface area contributed by atoms with E-state index in [9.17, 15) is 18.0 Å². The molecule has 9 heteroatoms. The predicted molar refractivity (Wildman–Crippen MR) is 136 cm³/mol. The van der Waals surface area contributed by atoms with Gasteiger partial charge in [0.05, 0.1) is 4.90 Å². The molecule has 2 heterocycles. The minimum atomic E-state index is -3.68. The van der Waals surface area contributed by atoms with Crippen LogP contribution in [0.25, 0.3) is 0 Å². The molecule has 2 aliphatic heterocycles. The van der Waals surface area contributed by atoms with E-state index >= 15 is 0 Å². The van der Waals surface area contributed by atoms with Crippen LogP contribution < -0.4 is 10.2 Å². The van der Waals surface area contributed by atoms with E-state index in [0.29, 0.717) is 43.2 Å². The highest BCUT2D eigenvalue weighted by Crippen LogP contribution is 2.35. The monoisotopic (exact) mass is 515 g/mol. The van der Waals surface area contributed by atoms with E-state index in [2.05, 4.69) is 5.32 Å². The van der Waals surface area contributed by atoms with E-state index in [1.807, 2.05) is 4.90 Å². The van der Waals surface area contributed by atoms with Gasteiger partial charge in [0.25, 0.3) is 0 Å². The Hall–Kier alpha value is -2.42. The van der Waals surface area contributed by atoms with Gasteiger partial charge in [-0.3, -0.25) is 9.59 Å². The Bertz CT molecular complexity index is 1240. The molecule has 0 atom stereocenters. The molecule has 1 aliphatic carbocycles. The van der Waals surface area contributed by atoms with Crippen molar-refractivity contribution in [1.82, 2.24) is 4.31 Å². The number of rotatable bonds is 5. The molecule has 5 rings (SSSR count). The van der Waals surface area contributed by atoms with Crippen molar-refractivity contribution >= 4 is 44.8 Å². The second kappa shape index (κ2) is 9.91. The Labute approximate surface area is 211 Å². The number of anilines is 2. The summed E-state index contributed by atoms with van der Waals surface area (Å²) in [7, 11) is -3.68. The van der Waals surface area contributed by atoms with Gasteiger partial charge in [-0.1, -0.05) is 24.1 Å². The molecule has 2 fully saturated rings. The van der Waals surface area contributed by atoms with Crippen molar-refractivity contribution in [2.75, 3.05) is 29.9 Å². The number of fused-ring (bicyclic) bond motifs is 1. The first kappa shape index (κ1) is 24.3. The molecule has 3 aliphatic rings.